The first-order chi connectivity index (χ1) is 15.4. The van der Waals surface area contributed by atoms with Gasteiger partial charge in [0, 0.05) is 12.6 Å². The molecule has 0 heterocycles. The molecular formula is C26H29NO5. The summed E-state index contributed by atoms with van der Waals surface area (Å²) in [6.45, 7) is 4.91. The summed E-state index contributed by atoms with van der Waals surface area (Å²) in [5, 5.41) is 32.2. The first-order valence-electron chi connectivity index (χ1n) is 10.7. The number of carboxylic acids is 1. The minimum Gasteiger partial charge on any atom is -0.508 e. The van der Waals surface area contributed by atoms with Gasteiger partial charge in [-0.15, -0.1) is 0 Å². The number of nitrogens with one attached hydrogen (secondary N) is 1. The molecule has 0 spiro atoms. The monoisotopic (exact) mass is 435 g/mol. The van der Waals surface area contributed by atoms with Gasteiger partial charge in [0.05, 0.1) is 11.7 Å². The van der Waals surface area contributed by atoms with E-state index in [1.54, 1.807) is 36.4 Å². The number of hydrogen-bond donors (Lipinski definition) is 4. The molecule has 0 radical (unpaired) electrons. The maximum absolute atomic E-state index is 11.2. The molecule has 2 unspecified atom stereocenters. The van der Waals surface area contributed by atoms with Gasteiger partial charge in [-0.05, 0) is 72.0 Å². The van der Waals surface area contributed by atoms with Crippen LogP contribution in [-0.2, 0) is 6.42 Å². The van der Waals surface area contributed by atoms with E-state index in [-0.39, 0.29) is 11.8 Å². The van der Waals surface area contributed by atoms with Crippen molar-refractivity contribution in [1.82, 2.24) is 5.32 Å². The van der Waals surface area contributed by atoms with Crippen molar-refractivity contribution in [2.45, 2.75) is 32.4 Å². The zero-order valence-corrected chi connectivity index (χ0v) is 18.3. The minimum atomic E-state index is -0.923. The number of aliphatic hydroxyl groups is 1. The van der Waals surface area contributed by atoms with Crippen molar-refractivity contribution in [3.63, 3.8) is 0 Å². The van der Waals surface area contributed by atoms with Crippen molar-refractivity contribution in [1.29, 1.82) is 0 Å². The van der Waals surface area contributed by atoms with E-state index >= 15 is 0 Å². The van der Waals surface area contributed by atoms with E-state index in [0.29, 0.717) is 18.7 Å². The second-order valence-corrected chi connectivity index (χ2v) is 7.68. The Labute approximate surface area is 188 Å². The molecule has 0 bridgehead atoms. The molecule has 0 saturated heterocycles. The highest BCUT2D eigenvalue weighted by molar-refractivity contribution is 5.89. The Bertz CT molecular complexity index is 1030. The van der Waals surface area contributed by atoms with E-state index in [4.69, 9.17) is 4.74 Å². The number of aromatic hydroxyl groups is 1. The van der Waals surface area contributed by atoms with Crippen LogP contribution in [0.2, 0.25) is 0 Å². The summed E-state index contributed by atoms with van der Waals surface area (Å²) in [5.41, 5.74) is 4.05. The van der Waals surface area contributed by atoms with E-state index in [0.717, 1.165) is 34.4 Å². The summed E-state index contributed by atoms with van der Waals surface area (Å²) in [7, 11) is 0. The fourth-order valence-corrected chi connectivity index (χ4v) is 3.56. The second-order valence-electron chi connectivity index (χ2n) is 7.68. The number of phenolic OH excluding ortho intramolecular Hbond substituents is 1. The van der Waals surface area contributed by atoms with Gasteiger partial charge in [-0.1, -0.05) is 37.3 Å². The molecule has 0 amide bonds. The summed E-state index contributed by atoms with van der Waals surface area (Å²) >= 11 is 0. The molecule has 0 aromatic heterocycles. The average Bonchev–Trinajstić information content (AvgIpc) is 2.81. The molecule has 2 atom stereocenters. The Kier molecular flexibility index (Phi) is 7.87. The highest BCUT2D eigenvalue weighted by Gasteiger charge is 2.15. The lowest BCUT2D eigenvalue weighted by molar-refractivity contribution is 0.0696. The fourth-order valence-electron chi connectivity index (χ4n) is 3.56. The SMILES string of the molecule is CCc1cc(C(=O)O)ccc1-c1ccc(OCCNC(C)C(O)c2ccc(O)cc2)cc1. The quantitative estimate of drug-likeness (QED) is 0.352. The molecule has 3 aromatic carbocycles. The van der Waals surface area contributed by atoms with E-state index in [2.05, 4.69) is 5.32 Å². The fraction of sp³-hybridized carbons (Fsp3) is 0.269. The van der Waals surface area contributed by atoms with Crippen LogP contribution in [0.25, 0.3) is 11.1 Å². The smallest absolute Gasteiger partial charge is 0.335 e. The van der Waals surface area contributed by atoms with E-state index in [9.17, 15) is 20.1 Å². The lowest BCUT2D eigenvalue weighted by atomic mass is 9.96. The van der Waals surface area contributed by atoms with E-state index < -0.39 is 12.1 Å². The topological polar surface area (TPSA) is 99.0 Å². The van der Waals surface area contributed by atoms with E-state index in [1.807, 2.05) is 44.2 Å². The maximum atomic E-state index is 11.2. The Hall–Kier alpha value is -3.35. The number of rotatable bonds is 10. The molecule has 6 heteroatoms. The third kappa shape index (κ3) is 5.87. The largest absolute Gasteiger partial charge is 0.508 e. The number of aliphatic hydroxyl groups excluding tert-OH is 1. The maximum Gasteiger partial charge on any atom is 0.335 e. The standard InChI is InChI=1S/C26H29NO5/c1-3-18-16-21(26(30)31)8-13-24(18)19-6-11-23(12-7-19)32-15-14-27-17(2)25(29)20-4-9-22(28)10-5-20/h4-13,16-17,25,27-29H,3,14-15H2,1-2H3,(H,30,31). The van der Waals surface area contributed by atoms with Crippen LogP contribution in [-0.4, -0.2) is 40.5 Å². The Morgan fingerprint density at radius 2 is 1.72 bits per heavy atom. The molecule has 0 saturated carbocycles. The molecule has 0 fully saturated rings. The summed E-state index contributed by atoms with van der Waals surface area (Å²) in [6.07, 6.45) is 0.0596. The number of aryl methyl sites for hydroxylation is 1. The minimum absolute atomic E-state index is 0.171. The summed E-state index contributed by atoms with van der Waals surface area (Å²) in [5.74, 6) is -0.0137. The molecule has 3 aromatic rings. The third-order valence-electron chi connectivity index (χ3n) is 5.44. The third-order valence-corrected chi connectivity index (χ3v) is 5.44. The number of ether oxygens (including phenoxy) is 1. The number of benzene rings is 3. The average molecular weight is 436 g/mol. The van der Waals surface area contributed by atoms with Crippen LogP contribution in [0.15, 0.2) is 66.7 Å². The van der Waals surface area contributed by atoms with Gasteiger partial charge >= 0.3 is 5.97 Å². The van der Waals surface area contributed by atoms with Crippen molar-refractivity contribution in [2.24, 2.45) is 0 Å². The van der Waals surface area contributed by atoms with Crippen molar-refractivity contribution >= 4 is 5.97 Å². The first kappa shape index (κ1) is 23.3. The predicted molar refractivity (Wildman–Crippen MR) is 124 cm³/mol. The molecule has 0 aliphatic rings. The molecule has 3 rings (SSSR count). The number of carboxylic acid groups (broad SMARTS) is 1. The van der Waals surface area contributed by atoms with Crippen molar-refractivity contribution < 1.29 is 24.9 Å². The van der Waals surface area contributed by atoms with Gasteiger partial charge in [0.1, 0.15) is 18.1 Å². The lowest BCUT2D eigenvalue weighted by Crippen LogP contribution is -2.35. The molecule has 4 N–H and O–H groups in total. The molecular weight excluding hydrogens is 406 g/mol. The number of phenols is 1. The van der Waals surface area contributed by atoms with Crippen LogP contribution < -0.4 is 10.1 Å². The van der Waals surface area contributed by atoms with Crippen molar-refractivity contribution in [2.75, 3.05) is 13.2 Å². The van der Waals surface area contributed by atoms with Crippen molar-refractivity contribution in [3.05, 3.63) is 83.4 Å². The van der Waals surface area contributed by atoms with Crippen LogP contribution >= 0.6 is 0 Å². The highest BCUT2D eigenvalue weighted by Crippen LogP contribution is 2.27. The molecule has 0 aliphatic carbocycles. The molecule has 6 nitrogen and oxygen atoms in total. The van der Waals surface area contributed by atoms with Crippen LogP contribution in [0.4, 0.5) is 0 Å². The van der Waals surface area contributed by atoms with Gasteiger partial charge < -0.3 is 25.4 Å². The number of aromatic carboxylic acids is 1. The van der Waals surface area contributed by atoms with Gasteiger partial charge in [0.15, 0.2) is 0 Å². The Balaban J connectivity index is 1.52. The van der Waals surface area contributed by atoms with Crippen LogP contribution in [0.1, 0.15) is 41.4 Å². The molecule has 32 heavy (non-hydrogen) atoms. The Morgan fingerprint density at radius 1 is 1.03 bits per heavy atom. The highest BCUT2D eigenvalue weighted by atomic mass is 16.5. The first-order valence-corrected chi connectivity index (χ1v) is 10.7. The van der Waals surface area contributed by atoms with Gasteiger partial charge in [0.2, 0.25) is 0 Å². The normalized spacial score (nSPS) is 12.8. The van der Waals surface area contributed by atoms with Gasteiger partial charge in [-0.2, -0.15) is 0 Å². The van der Waals surface area contributed by atoms with Crippen LogP contribution in [0.3, 0.4) is 0 Å². The zero-order chi connectivity index (χ0) is 23.1. The number of carbonyl (C=O) groups is 1. The number of hydrogen-bond acceptors (Lipinski definition) is 5. The van der Waals surface area contributed by atoms with Crippen LogP contribution in [0.5, 0.6) is 11.5 Å². The van der Waals surface area contributed by atoms with Gasteiger partial charge in [-0.25, -0.2) is 4.79 Å². The lowest BCUT2D eigenvalue weighted by Gasteiger charge is -2.21. The van der Waals surface area contributed by atoms with E-state index in [1.165, 1.54) is 0 Å². The molecule has 168 valence electrons. The Morgan fingerprint density at radius 3 is 2.34 bits per heavy atom. The van der Waals surface area contributed by atoms with Crippen LogP contribution in [0, 0.1) is 0 Å². The summed E-state index contributed by atoms with van der Waals surface area (Å²) < 4.78 is 5.80. The second kappa shape index (κ2) is 10.8. The molecule has 0 aliphatic heterocycles. The van der Waals surface area contributed by atoms with Gasteiger partial charge in [0.25, 0.3) is 0 Å². The summed E-state index contributed by atoms with van der Waals surface area (Å²) in [6, 6.07) is 19.3. The summed E-state index contributed by atoms with van der Waals surface area (Å²) in [4.78, 5) is 11.2. The zero-order valence-electron chi connectivity index (χ0n) is 18.3. The van der Waals surface area contributed by atoms with Gasteiger partial charge in [-0.3, -0.25) is 0 Å². The van der Waals surface area contributed by atoms with Crippen molar-refractivity contribution in [3.8, 4) is 22.6 Å². The predicted octanol–water partition coefficient (Wildman–Crippen LogP) is 4.41.